The molecular formula is C24H36O10. The number of ether oxygens (including phenoxy) is 5. The summed E-state index contributed by atoms with van der Waals surface area (Å²) in [5.41, 5.74) is -3.35. The summed E-state index contributed by atoms with van der Waals surface area (Å²) in [5, 5.41) is 33.7. The minimum Gasteiger partial charge on any atom is -0.465 e. The van der Waals surface area contributed by atoms with E-state index in [1.165, 1.54) is 13.8 Å². The Morgan fingerprint density at radius 2 is 1.79 bits per heavy atom. The third-order valence-corrected chi connectivity index (χ3v) is 9.65. The molecule has 0 radical (unpaired) electrons. The number of carbonyl (C=O) groups excluding carboxylic acids is 2. The molecule has 3 unspecified atom stereocenters. The van der Waals surface area contributed by atoms with Gasteiger partial charge in [0.1, 0.15) is 30.5 Å². The van der Waals surface area contributed by atoms with Crippen molar-refractivity contribution >= 4 is 11.9 Å². The maximum Gasteiger partial charge on any atom is 0.302 e. The lowest BCUT2D eigenvalue weighted by Crippen LogP contribution is -2.78. The van der Waals surface area contributed by atoms with Crippen LogP contribution in [0.2, 0.25) is 0 Å². The van der Waals surface area contributed by atoms with Gasteiger partial charge >= 0.3 is 11.9 Å². The van der Waals surface area contributed by atoms with E-state index in [1.807, 2.05) is 13.8 Å². The van der Waals surface area contributed by atoms with Crippen LogP contribution in [-0.2, 0) is 33.3 Å². The van der Waals surface area contributed by atoms with Gasteiger partial charge in [0.25, 0.3) is 0 Å². The summed E-state index contributed by atoms with van der Waals surface area (Å²) in [4.78, 5) is 24.2. The van der Waals surface area contributed by atoms with Crippen LogP contribution in [0.25, 0.3) is 0 Å². The van der Waals surface area contributed by atoms with Crippen molar-refractivity contribution in [3.63, 3.8) is 0 Å². The number of hydrogen-bond donors (Lipinski definition) is 3. The van der Waals surface area contributed by atoms with E-state index in [9.17, 15) is 24.9 Å². The summed E-state index contributed by atoms with van der Waals surface area (Å²) in [6.45, 7) is 7.12. The number of rotatable bonds is 4. The van der Waals surface area contributed by atoms with E-state index in [0.717, 1.165) is 12.8 Å². The second kappa shape index (κ2) is 8.11. The highest BCUT2D eigenvalue weighted by Crippen LogP contribution is 2.70. The van der Waals surface area contributed by atoms with Crippen molar-refractivity contribution in [2.24, 2.45) is 28.6 Å². The predicted molar refractivity (Wildman–Crippen MR) is 114 cm³/mol. The van der Waals surface area contributed by atoms with Crippen molar-refractivity contribution in [3.05, 3.63) is 0 Å². The molecule has 12 atom stereocenters. The van der Waals surface area contributed by atoms with Crippen molar-refractivity contribution in [2.45, 2.75) is 89.4 Å². The number of hydrogen-bond acceptors (Lipinski definition) is 10. The molecule has 192 valence electrons. The molecule has 10 nitrogen and oxygen atoms in total. The number of aliphatic hydroxyl groups excluding tert-OH is 3. The van der Waals surface area contributed by atoms with Crippen molar-refractivity contribution in [1.82, 2.24) is 0 Å². The van der Waals surface area contributed by atoms with Crippen LogP contribution in [0.3, 0.4) is 0 Å². The van der Waals surface area contributed by atoms with Gasteiger partial charge in [0.05, 0.1) is 30.8 Å². The monoisotopic (exact) mass is 484 g/mol. The van der Waals surface area contributed by atoms with Gasteiger partial charge in [0.2, 0.25) is 0 Å². The molecule has 3 saturated heterocycles. The molecule has 5 aliphatic rings. The zero-order valence-electron chi connectivity index (χ0n) is 20.1. The number of fused-ring (bicyclic) bond motifs is 3. The zero-order valence-corrected chi connectivity index (χ0v) is 20.1. The molecule has 2 aliphatic carbocycles. The van der Waals surface area contributed by atoms with Gasteiger partial charge < -0.3 is 39.0 Å². The normalized spacial score (nSPS) is 53.8. The Labute approximate surface area is 198 Å². The first-order chi connectivity index (χ1) is 16.0. The molecule has 0 aromatic heterocycles. The van der Waals surface area contributed by atoms with Gasteiger partial charge in [0.15, 0.2) is 6.29 Å². The molecule has 1 spiro atoms. The van der Waals surface area contributed by atoms with Crippen LogP contribution in [-0.4, -0.2) is 89.5 Å². The Balaban J connectivity index is 1.66. The van der Waals surface area contributed by atoms with Crippen LogP contribution in [0.4, 0.5) is 0 Å². The number of carbonyl (C=O) groups is 2. The standard InChI is InChI=1S/C24H36O10/c1-11-7-16(33-13(3)26)23(9-31-12(2)25)19(17(27)18(28)20(29)24(23)10-32-24)22(11,4)15-8-14-5-6-30-21(14)34-15/h11,14-21,27-29H,5-10H2,1-4H3/t11-,14-,15?,16+,17-,18-,19-,20?,21+,22-,23-,24?/m1/s1. The Morgan fingerprint density at radius 3 is 2.38 bits per heavy atom. The maximum atomic E-state index is 12.2. The lowest BCUT2D eigenvalue weighted by atomic mass is 9.40. The van der Waals surface area contributed by atoms with E-state index in [0.29, 0.717) is 13.0 Å². The van der Waals surface area contributed by atoms with Crippen molar-refractivity contribution in [1.29, 1.82) is 0 Å². The van der Waals surface area contributed by atoms with Gasteiger partial charge in [-0.3, -0.25) is 9.59 Å². The summed E-state index contributed by atoms with van der Waals surface area (Å²) >= 11 is 0. The van der Waals surface area contributed by atoms with E-state index in [-0.39, 0.29) is 37.4 Å². The molecule has 3 aliphatic heterocycles. The summed E-state index contributed by atoms with van der Waals surface area (Å²) in [7, 11) is 0. The number of esters is 2. The highest BCUT2D eigenvalue weighted by molar-refractivity contribution is 5.67. The van der Waals surface area contributed by atoms with Crippen LogP contribution in [0, 0.1) is 28.6 Å². The van der Waals surface area contributed by atoms with Crippen LogP contribution < -0.4 is 0 Å². The van der Waals surface area contributed by atoms with Crippen molar-refractivity contribution in [3.8, 4) is 0 Å². The molecule has 3 heterocycles. The smallest absolute Gasteiger partial charge is 0.302 e. The molecule has 10 heteroatoms. The lowest BCUT2D eigenvalue weighted by molar-refractivity contribution is -0.311. The fraction of sp³-hybridized carbons (Fsp3) is 0.917. The van der Waals surface area contributed by atoms with E-state index >= 15 is 0 Å². The summed E-state index contributed by atoms with van der Waals surface area (Å²) in [6, 6.07) is 0. The Hall–Kier alpha value is -1.30. The molecule has 0 amide bonds. The van der Waals surface area contributed by atoms with E-state index in [2.05, 4.69) is 0 Å². The van der Waals surface area contributed by atoms with Gasteiger partial charge in [-0.25, -0.2) is 0 Å². The summed E-state index contributed by atoms with van der Waals surface area (Å²) < 4.78 is 29.4. The number of aliphatic hydroxyl groups is 3. The van der Waals surface area contributed by atoms with Crippen LogP contribution >= 0.6 is 0 Å². The third kappa shape index (κ3) is 3.15. The van der Waals surface area contributed by atoms with E-state index in [4.69, 9.17) is 23.7 Å². The van der Waals surface area contributed by atoms with E-state index < -0.39 is 58.7 Å². The Bertz CT molecular complexity index is 832. The molecule has 0 aromatic rings. The average molecular weight is 485 g/mol. The van der Waals surface area contributed by atoms with Gasteiger partial charge in [-0.1, -0.05) is 13.8 Å². The fourth-order valence-corrected chi connectivity index (χ4v) is 7.79. The second-order valence-corrected chi connectivity index (χ2v) is 11.2. The first kappa shape index (κ1) is 24.4. The molecule has 34 heavy (non-hydrogen) atoms. The van der Waals surface area contributed by atoms with Crippen LogP contribution in [0.1, 0.15) is 47.0 Å². The fourth-order valence-electron chi connectivity index (χ4n) is 7.79. The van der Waals surface area contributed by atoms with Crippen LogP contribution in [0.15, 0.2) is 0 Å². The zero-order chi connectivity index (χ0) is 24.6. The largest absolute Gasteiger partial charge is 0.465 e. The van der Waals surface area contributed by atoms with Gasteiger partial charge in [0, 0.05) is 31.1 Å². The first-order valence-corrected chi connectivity index (χ1v) is 12.2. The molecule has 3 N–H and O–H groups in total. The topological polar surface area (TPSA) is 144 Å². The molecule has 5 rings (SSSR count). The molecule has 0 bridgehead atoms. The average Bonchev–Trinajstić information content (AvgIpc) is 3.27. The lowest BCUT2D eigenvalue weighted by Gasteiger charge is -2.66. The van der Waals surface area contributed by atoms with Gasteiger partial charge in [-0.05, 0) is 25.2 Å². The minimum atomic E-state index is -1.49. The van der Waals surface area contributed by atoms with Crippen molar-refractivity contribution in [2.75, 3.05) is 19.8 Å². The van der Waals surface area contributed by atoms with Crippen LogP contribution in [0.5, 0.6) is 0 Å². The Kier molecular flexibility index (Phi) is 5.82. The summed E-state index contributed by atoms with van der Waals surface area (Å²) in [5.74, 6) is -1.69. The Morgan fingerprint density at radius 1 is 1.09 bits per heavy atom. The van der Waals surface area contributed by atoms with Crippen molar-refractivity contribution < 1.29 is 48.6 Å². The predicted octanol–water partition coefficient (Wildman–Crippen LogP) is 0.147. The second-order valence-electron chi connectivity index (χ2n) is 11.2. The third-order valence-electron chi connectivity index (χ3n) is 9.65. The SMILES string of the molecule is CC(=O)OC[C@@]12[C@@H](OC(C)=O)C[C@@H](C)[C@](C)(C3C[C@H]4CCO[C@H]4O3)[C@H]1[C@H](O)[C@@H](O)C(O)C21CO1. The number of epoxide rings is 1. The van der Waals surface area contributed by atoms with Gasteiger partial charge in [-0.2, -0.15) is 0 Å². The minimum absolute atomic E-state index is 0.0812. The highest BCUT2D eigenvalue weighted by atomic mass is 16.7. The van der Waals surface area contributed by atoms with E-state index in [1.54, 1.807) is 0 Å². The highest BCUT2D eigenvalue weighted by Gasteiger charge is 2.82. The molecule has 5 fully saturated rings. The van der Waals surface area contributed by atoms with Gasteiger partial charge in [-0.15, -0.1) is 0 Å². The first-order valence-electron chi connectivity index (χ1n) is 12.2. The maximum absolute atomic E-state index is 12.2. The molecule has 0 aromatic carbocycles. The summed E-state index contributed by atoms with van der Waals surface area (Å²) in [6.07, 6.45) is -3.76. The molecule has 2 saturated carbocycles. The quantitative estimate of drug-likeness (QED) is 0.372. The molecular weight excluding hydrogens is 448 g/mol.